The van der Waals surface area contributed by atoms with Crippen LogP contribution in [0.25, 0.3) is 11.1 Å². The standard InChI is InChI=1S/C17H14FN/c18-17-10-4-3-9-16(17)15-8-2-1-7-14(15)13-19-11-5-6-12-19/h1-12H,13H2. The Kier molecular flexibility index (Phi) is 3.15. The summed E-state index contributed by atoms with van der Waals surface area (Å²) in [4.78, 5) is 0. The Morgan fingerprint density at radius 2 is 1.37 bits per heavy atom. The molecule has 0 saturated carbocycles. The van der Waals surface area contributed by atoms with Gasteiger partial charge in [-0.3, -0.25) is 0 Å². The van der Waals surface area contributed by atoms with Gasteiger partial charge in [-0.15, -0.1) is 0 Å². The Hall–Kier alpha value is -2.35. The third-order valence-corrected chi connectivity index (χ3v) is 3.20. The van der Waals surface area contributed by atoms with Crippen LogP contribution < -0.4 is 0 Å². The van der Waals surface area contributed by atoms with Gasteiger partial charge in [0.2, 0.25) is 0 Å². The van der Waals surface area contributed by atoms with E-state index in [1.54, 1.807) is 6.07 Å². The van der Waals surface area contributed by atoms with Gasteiger partial charge < -0.3 is 4.57 Å². The average Bonchev–Trinajstić information content (AvgIpc) is 2.93. The summed E-state index contributed by atoms with van der Waals surface area (Å²) in [6.45, 7) is 0.748. The summed E-state index contributed by atoms with van der Waals surface area (Å²) < 4.78 is 16.0. The fourth-order valence-corrected chi connectivity index (χ4v) is 2.27. The lowest BCUT2D eigenvalue weighted by molar-refractivity contribution is 0.631. The second-order valence-corrected chi connectivity index (χ2v) is 4.49. The molecule has 19 heavy (non-hydrogen) atoms. The highest BCUT2D eigenvalue weighted by Crippen LogP contribution is 2.26. The smallest absolute Gasteiger partial charge is 0.131 e. The summed E-state index contributed by atoms with van der Waals surface area (Å²) in [5.41, 5.74) is 2.73. The molecule has 0 N–H and O–H groups in total. The van der Waals surface area contributed by atoms with Crippen LogP contribution in [-0.2, 0) is 6.54 Å². The number of halogens is 1. The monoisotopic (exact) mass is 251 g/mol. The quantitative estimate of drug-likeness (QED) is 0.652. The first-order valence-electron chi connectivity index (χ1n) is 6.28. The summed E-state index contributed by atoms with van der Waals surface area (Å²) in [6, 6.07) is 18.8. The van der Waals surface area contributed by atoms with E-state index < -0.39 is 0 Å². The molecule has 1 nitrogen and oxygen atoms in total. The van der Waals surface area contributed by atoms with Crippen molar-refractivity contribution in [2.45, 2.75) is 6.54 Å². The lowest BCUT2D eigenvalue weighted by atomic mass is 9.99. The maximum absolute atomic E-state index is 13.9. The van der Waals surface area contributed by atoms with E-state index in [9.17, 15) is 4.39 Å². The molecular formula is C17H14FN. The molecule has 0 amide bonds. The number of nitrogens with zero attached hydrogens (tertiary/aromatic N) is 1. The lowest BCUT2D eigenvalue weighted by Gasteiger charge is -2.11. The largest absolute Gasteiger partial charge is 0.350 e. The molecule has 0 saturated heterocycles. The van der Waals surface area contributed by atoms with E-state index in [4.69, 9.17) is 0 Å². The van der Waals surface area contributed by atoms with Crippen molar-refractivity contribution < 1.29 is 4.39 Å². The molecule has 0 spiro atoms. The van der Waals surface area contributed by atoms with Crippen LogP contribution >= 0.6 is 0 Å². The van der Waals surface area contributed by atoms with Gasteiger partial charge in [-0.25, -0.2) is 4.39 Å². The van der Waals surface area contributed by atoms with Gasteiger partial charge in [-0.05, 0) is 29.3 Å². The van der Waals surface area contributed by atoms with Crippen molar-refractivity contribution in [3.05, 3.63) is 84.4 Å². The molecule has 0 unspecified atom stereocenters. The minimum absolute atomic E-state index is 0.178. The molecular weight excluding hydrogens is 237 g/mol. The molecule has 0 bridgehead atoms. The van der Waals surface area contributed by atoms with Gasteiger partial charge >= 0.3 is 0 Å². The van der Waals surface area contributed by atoms with Gasteiger partial charge in [0.25, 0.3) is 0 Å². The average molecular weight is 251 g/mol. The first-order valence-corrected chi connectivity index (χ1v) is 6.28. The number of rotatable bonds is 3. The SMILES string of the molecule is Fc1ccccc1-c1ccccc1Cn1cccc1. The molecule has 0 fully saturated rings. The summed E-state index contributed by atoms with van der Waals surface area (Å²) in [6.07, 6.45) is 4.02. The summed E-state index contributed by atoms with van der Waals surface area (Å²) in [7, 11) is 0. The number of aromatic nitrogens is 1. The molecule has 0 aliphatic rings. The van der Waals surface area contributed by atoms with Gasteiger partial charge in [0.15, 0.2) is 0 Å². The van der Waals surface area contributed by atoms with Gasteiger partial charge in [0, 0.05) is 24.5 Å². The Morgan fingerprint density at radius 3 is 2.11 bits per heavy atom. The molecule has 0 aliphatic heterocycles. The maximum atomic E-state index is 13.9. The third-order valence-electron chi connectivity index (χ3n) is 3.20. The Balaban J connectivity index is 2.05. The van der Waals surface area contributed by atoms with Crippen molar-refractivity contribution >= 4 is 0 Å². The molecule has 1 aromatic heterocycles. The molecule has 0 atom stereocenters. The highest BCUT2D eigenvalue weighted by Gasteiger charge is 2.08. The summed E-state index contributed by atoms with van der Waals surface area (Å²) >= 11 is 0. The third kappa shape index (κ3) is 2.43. The molecule has 2 heteroatoms. The van der Waals surface area contributed by atoms with Crippen LogP contribution in [0.5, 0.6) is 0 Å². The topological polar surface area (TPSA) is 4.93 Å². The van der Waals surface area contributed by atoms with E-state index in [0.29, 0.717) is 5.56 Å². The fraction of sp³-hybridized carbons (Fsp3) is 0.0588. The van der Waals surface area contributed by atoms with Gasteiger partial charge in [0.05, 0.1) is 0 Å². The van der Waals surface area contributed by atoms with E-state index in [0.717, 1.165) is 17.7 Å². The van der Waals surface area contributed by atoms with Crippen LogP contribution in [-0.4, -0.2) is 4.57 Å². The Labute approximate surface area is 111 Å². The zero-order valence-corrected chi connectivity index (χ0v) is 10.5. The van der Waals surface area contributed by atoms with Crippen LogP contribution in [0.15, 0.2) is 73.1 Å². The van der Waals surface area contributed by atoms with E-state index in [-0.39, 0.29) is 5.82 Å². The van der Waals surface area contributed by atoms with Gasteiger partial charge in [-0.1, -0.05) is 42.5 Å². The molecule has 1 heterocycles. The van der Waals surface area contributed by atoms with Crippen molar-refractivity contribution in [2.24, 2.45) is 0 Å². The van der Waals surface area contributed by atoms with E-state index in [2.05, 4.69) is 4.57 Å². The van der Waals surface area contributed by atoms with Crippen LogP contribution in [0.2, 0.25) is 0 Å². The lowest BCUT2D eigenvalue weighted by Crippen LogP contribution is -1.99. The van der Waals surface area contributed by atoms with E-state index in [1.165, 1.54) is 6.07 Å². The minimum Gasteiger partial charge on any atom is -0.350 e. The van der Waals surface area contributed by atoms with Crippen LogP contribution in [0.4, 0.5) is 4.39 Å². The van der Waals surface area contributed by atoms with E-state index in [1.807, 2.05) is 60.9 Å². The van der Waals surface area contributed by atoms with Crippen LogP contribution in [0, 0.1) is 5.82 Å². The van der Waals surface area contributed by atoms with Crippen molar-refractivity contribution in [3.8, 4) is 11.1 Å². The molecule has 3 rings (SSSR count). The van der Waals surface area contributed by atoms with Crippen molar-refractivity contribution in [1.82, 2.24) is 4.57 Å². The summed E-state index contributed by atoms with van der Waals surface area (Å²) in [5, 5.41) is 0. The van der Waals surface area contributed by atoms with Gasteiger partial charge in [-0.2, -0.15) is 0 Å². The minimum atomic E-state index is -0.178. The first-order chi connectivity index (χ1) is 9.34. The highest BCUT2D eigenvalue weighted by molar-refractivity contribution is 5.67. The molecule has 94 valence electrons. The predicted octanol–water partition coefficient (Wildman–Crippen LogP) is 4.34. The molecule has 3 aromatic rings. The van der Waals surface area contributed by atoms with Crippen molar-refractivity contribution in [2.75, 3.05) is 0 Å². The number of hydrogen-bond acceptors (Lipinski definition) is 0. The fourth-order valence-electron chi connectivity index (χ4n) is 2.27. The van der Waals surface area contributed by atoms with Crippen molar-refractivity contribution in [3.63, 3.8) is 0 Å². The predicted molar refractivity (Wildman–Crippen MR) is 75.4 cm³/mol. The van der Waals surface area contributed by atoms with E-state index >= 15 is 0 Å². The Bertz CT molecular complexity index is 671. The second-order valence-electron chi connectivity index (χ2n) is 4.49. The van der Waals surface area contributed by atoms with Crippen LogP contribution in [0.1, 0.15) is 5.56 Å². The van der Waals surface area contributed by atoms with Crippen molar-refractivity contribution in [1.29, 1.82) is 0 Å². The molecule has 2 aromatic carbocycles. The van der Waals surface area contributed by atoms with Crippen LogP contribution in [0.3, 0.4) is 0 Å². The maximum Gasteiger partial charge on any atom is 0.131 e. The number of hydrogen-bond donors (Lipinski definition) is 0. The second kappa shape index (κ2) is 5.11. The first kappa shape index (κ1) is 11.7. The van der Waals surface area contributed by atoms with Gasteiger partial charge in [0.1, 0.15) is 5.82 Å². The zero-order chi connectivity index (χ0) is 13.1. The number of benzene rings is 2. The summed E-state index contributed by atoms with van der Waals surface area (Å²) in [5.74, 6) is -0.178. The molecule has 0 radical (unpaired) electrons. The normalized spacial score (nSPS) is 10.6. The molecule has 0 aliphatic carbocycles. The zero-order valence-electron chi connectivity index (χ0n) is 10.5. The highest BCUT2D eigenvalue weighted by atomic mass is 19.1. The Morgan fingerprint density at radius 1 is 0.737 bits per heavy atom.